The summed E-state index contributed by atoms with van der Waals surface area (Å²) in [7, 11) is -3.80. The van der Waals surface area contributed by atoms with Crippen LogP contribution in [0.5, 0.6) is 0 Å². The maximum atomic E-state index is 12.7. The summed E-state index contributed by atoms with van der Waals surface area (Å²) in [6.45, 7) is 7.60. The molecule has 0 saturated heterocycles. The van der Waals surface area contributed by atoms with Gasteiger partial charge in [-0.1, -0.05) is 6.92 Å². The van der Waals surface area contributed by atoms with Gasteiger partial charge in [0.05, 0.1) is 19.4 Å². The lowest BCUT2D eigenvalue weighted by molar-refractivity contribution is 0.0975. The fourth-order valence-corrected chi connectivity index (χ4v) is 3.50. The third-order valence-electron chi connectivity index (χ3n) is 4.37. The van der Waals surface area contributed by atoms with Gasteiger partial charge in [-0.05, 0) is 38.0 Å². The van der Waals surface area contributed by atoms with Gasteiger partial charge in [0, 0.05) is 19.3 Å². The second kappa shape index (κ2) is 10.5. The average Bonchev–Trinajstić information content (AvgIpc) is 3.09. The molecule has 3 aromatic rings. The van der Waals surface area contributed by atoms with Gasteiger partial charge in [-0.3, -0.25) is 9.48 Å². The monoisotopic (exact) mass is 476 g/mol. The minimum absolute atomic E-state index is 0.132. The largest absolute Gasteiger partial charge is 0.380 e. The average molecular weight is 477 g/mol. The van der Waals surface area contributed by atoms with Crippen molar-refractivity contribution in [1.82, 2.24) is 29.5 Å². The molecule has 33 heavy (non-hydrogen) atoms. The molecule has 0 unspecified atom stereocenters. The number of nitrogens with one attached hydrogen (secondary N) is 3. The van der Waals surface area contributed by atoms with Crippen LogP contribution < -0.4 is 15.4 Å². The summed E-state index contributed by atoms with van der Waals surface area (Å²) in [5.41, 5.74) is 1.50. The van der Waals surface area contributed by atoms with Crippen LogP contribution >= 0.6 is 0 Å². The van der Waals surface area contributed by atoms with E-state index in [1.807, 2.05) is 37.6 Å². The number of anilines is 3. The second-order valence-electron chi connectivity index (χ2n) is 7.35. The third kappa shape index (κ3) is 6.35. The van der Waals surface area contributed by atoms with Crippen molar-refractivity contribution in [2.45, 2.75) is 33.7 Å². The van der Waals surface area contributed by atoms with Crippen molar-refractivity contribution in [3.05, 3.63) is 29.6 Å². The summed E-state index contributed by atoms with van der Waals surface area (Å²) < 4.78 is 32.4. The normalized spacial score (nSPS) is 11.5. The predicted octanol–water partition coefficient (Wildman–Crippen LogP) is 1.82. The molecule has 0 spiro atoms. The van der Waals surface area contributed by atoms with Crippen molar-refractivity contribution < 1.29 is 17.9 Å². The summed E-state index contributed by atoms with van der Waals surface area (Å²) >= 11 is 0. The Morgan fingerprint density at radius 2 is 2.00 bits per heavy atom. The molecule has 0 aliphatic rings. The molecule has 178 valence electrons. The topological polar surface area (TPSA) is 153 Å². The van der Waals surface area contributed by atoms with E-state index >= 15 is 0 Å². The van der Waals surface area contributed by atoms with E-state index in [0.717, 1.165) is 18.2 Å². The fraction of sp³-hybridized carbons (Fsp3) is 0.450. The second-order valence-corrected chi connectivity index (χ2v) is 9.10. The number of aryl methyl sites for hydroxylation is 1. The van der Waals surface area contributed by atoms with Crippen LogP contribution in [0.25, 0.3) is 11.0 Å². The zero-order chi connectivity index (χ0) is 24.0. The van der Waals surface area contributed by atoms with Crippen molar-refractivity contribution in [2.75, 3.05) is 36.6 Å². The Hall–Kier alpha value is -3.32. The van der Waals surface area contributed by atoms with Crippen molar-refractivity contribution in [2.24, 2.45) is 0 Å². The number of nitrogens with zero attached hydrogens (tertiary/aromatic N) is 5. The van der Waals surface area contributed by atoms with Crippen LogP contribution in [0, 0.1) is 6.92 Å². The number of carbonyl (C=O) groups is 1. The maximum absolute atomic E-state index is 12.7. The highest BCUT2D eigenvalue weighted by atomic mass is 32.2. The lowest BCUT2D eigenvalue weighted by Crippen LogP contribution is -2.30. The van der Waals surface area contributed by atoms with Crippen LogP contribution in [0.15, 0.2) is 18.3 Å². The predicted molar refractivity (Wildman–Crippen MR) is 125 cm³/mol. The first-order valence-electron chi connectivity index (χ1n) is 10.5. The van der Waals surface area contributed by atoms with Gasteiger partial charge in [-0.15, -0.1) is 0 Å². The van der Waals surface area contributed by atoms with E-state index in [1.54, 1.807) is 6.20 Å². The van der Waals surface area contributed by atoms with Gasteiger partial charge < -0.3 is 15.4 Å². The molecule has 0 atom stereocenters. The number of pyridine rings is 1. The SMILES string of the molecule is CCCOCCn1nc(C(=O)NS(C)(=O)=O)c2nc(NCC)nc(Nc3cc(C)ccn3)c21. The molecular formula is C20H28N8O4S. The Labute approximate surface area is 192 Å². The lowest BCUT2D eigenvalue weighted by Gasteiger charge is -2.11. The van der Waals surface area contributed by atoms with Crippen LogP contribution in [0.3, 0.4) is 0 Å². The summed E-state index contributed by atoms with van der Waals surface area (Å²) in [4.78, 5) is 26.0. The Balaban J connectivity index is 2.16. The minimum atomic E-state index is -3.80. The molecule has 0 aliphatic heterocycles. The standard InChI is InChI=1S/C20H28N8O4S/c1-5-10-32-11-9-28-17-15(16(26-28)19(29)27-33(4,30)31)24-20(21-6-2)25-18(17)23-14-12-13(3)7-8-22-14/h7-8,12H,5-6,9-11H2,1-4H3,(H,27,29)(H2,21,22,23,24,25). The quantitative estimate of drug-likeness (QED) is 0.349. The van der Waals surface area contributed by atoms with Gasteiger partial charge in [-0.2, -0.15) is 10.1 Å². The first kappa shape index (κ1) is 24.3. The van der Waals surface area contributed by atoms with Crippen LogP contribution in [0.2, 0.25) is 0 Å². The van der Waals surface area contributed by atoms with Gasteiger partial charge in [0.15, 0.2) is 11.5 Å². The number of fused-ring (bicyclic) bond motifs is 1. The van der Waals surface area contributed by atoms with E-state index in [2.05, 4.69) is 30.7 Å². The molecule has 3 rings (SSSR count). The number of rotatable bonds is 11. The summed E-state index contributed by atoms with van der Waals surface area (Å²) in [5, 5.41) is 10.6. The van der Waals surface area contributed by atoms with E-state index in [9.17, 15) is 13.2 Å². The van der Waals surface area contributed by atoms with Crippen LogP contribution in [-0.4, -0.2) is 65.1 Å². The molecule has 0 aromatic carbocycles. The Morgan fingerprint density at radius 1 is 1.21 bits per heavy atom. The molecular weight excluding hydrogens is 448 g/mol. The molecule has 3 aromatic heterocycles. The van der Waals surface area contributed by atoms with E-state index < -0.39 is 15.9 Å². The van der Waals surface area contributed by atoms with Crippen LogP contribution in [-0.2, 0) is 21.3 Å². The zero-order valence-corrected chi connectivity index (χ0v) is 19.9. The Bertz CT molecular complexity index is 1240. The first-order valence-corrected chi connectivity index (χ1v) is 12.4. The van der Waals surface area contributed by atoms with Crippen molar-refractivity contribution in [3.8, 4) is 0 Å². The van der Waals surface area contributed by atoms with Crippen molar-refractivity contribution >= 4 is 44.5 Å². The molecule has 13 heteroatoms. The van der Waals surface area contributed by atoms with Gasteiger partial charge in [0.25, 0.3) is 5.91 Å². The van der Waals surface area contributed by atoms with E-state index in [1.165, 1.54) is 4.68 Å². The van der Waals surface area contributed by atoms with Crippen molar-refractivity contribution in [1.29, 1.82) is 0 Å². The molecule has 0 saturated carbocycles. The first-order chi connectivity index (χ1) is 15.7. The van der Waals surface area contributed by atoms with Gasteiger partial charge in [0.2, 0.25) is 16.0 Å². The lowest BCUT2D eigenvalue weighted by atomic mass is 10.3. The number of aromatic nitrogens is 5. The molecule has 0 bridgehead atoms. The smallest absolute Gasteiger partial charge is 0.287 e. The van der Waals surface area contributed by atoms with Gasteiger partial charge in [0.1, 0.15) is 16.9 Å². The number of amides is 1. The van der Waals surface area contributed by atoms with Gasteiger partial charge >= 0.3 is 0 Å². The molecule has 1 amide bonds. The Kier molecular flexibility index (Phi) is 7.76. The highest BCUT2D eigenvalue weighted by molar-refractivity contribution is 7.89. The minimum Gasteiger partial charge on any atom is -0.380 e. The summed E-state index contributed by atoms with van der Waals surface area (Å²) in [6.07, 6.45) is 3.43. The third-order valence-corrected chi connectivity index (χ3v) is 4.93. The molecule has 0 aliphatic carbocycles. The van der Waals surface area contributed by atoms with E-state index in [-0.39, 0.29) is 17.2 Å². The van der Waals surface area contributed by atoms with Crippen LogP contribution in [0.1, 0.15) is 36.3 Å². The fourth-order valence-electron chi connectivity index (χ4n) is 3.06. The highest BCUT2D eigenvalue weighted by Gasteiger charge is 2.25. The molecule has 3 N–H and O–H groups in total. The summed E-state index contributed by atoms with van der Waals surface area (Å²) in [6, 6.07) is 3.72. The number of ether oxygens (including phenoxy) is 1. The molecule has 0 fully saturated rings. The maximum Gasteiger partial charge on any atom is 0.287 e. The molecule has 3 heterocycles. The summed E-state index contributed by atoms with van der Waals surface area (Å²) in [5.74, 6) is 0.303. The number of sulfonamides is 1. The number of hydrogen-bond donors (Lipinski definition) is 3. The number of carbonyl (C=O) groups excluding carboxylic acids is 1. The van der Waals surface area contributed by atoms with Gasteiger partial charge in [-0.25, -0.2) is 23.1 Å². The Morgan fingerprint density at radius 3 is 2.67 bits per heavy atom. The molecule has 12 nitrogen and oxygen atoms in total. The number of hydrogen-bond acceptors (Lipinski definition) is 10. The highest BCUT2D eigenvalue weighted by Crippen LogP contribution is 2.27. The zero-order valence-electron chi connectivity index (χ0n) is 19.0. The molecule has 0 radical (unpaired) electrons. The van der Waals surface area contributed by atoms with Crippen LogP contribution in [0.4, 0.5) is 17.6 Å². The van der Waals surface area contributed by atoms with E-state index in [0.29, 0.717) is 43.5 Å². The van der Waals surface area contributed by atoms with E-state index in [4.69, 9.17) is 4.74 Å². The van der Waals surface area contributed by atoms with Crippen molar-refractivity contribution in [3.63, 3.8) is 0 Å².